The maximum absolute atomic E-state index is 4.51. The van der Waals surface area contributed by atoms with E-state index in [1.165, 1.54) is 36.3 Å². The molecule has 3 heteroatoms. The number of hydrogen-bond acceptors (Lipinski definition) is 3. The zero-order valence-electron chi connectivity index (χ0n) is 10.1. The van der Waals surface area contributed by atoms with Gasteiger partial charge in [-0.3, -0.25) is 4.98 Å². The van der Waals surface area contributed by atoms with E-state index in [2.05, 4.69) is 29.5 Å². The van der Waals surface area contributed by atoms with Crippen LogP contribution < -0.4 is 5.32 Å². The molecular weight excluding hydrogens is 216 g/mol. The third-order valence-electron chi connectivity index (χ3n) is 3.20. The summed E-state index contributed by atoms with van der Waals surface area (Å²) in [6.45, 7) is 2.27. The van der Waals surface area contributed by atoms with Crippen LogP contribution in [0.1, 0.15) is 37.1 Å². The minimum atomic E-state index is 0.480. The van der Waals surface area contributed by atoms with Crippen LogP contribution in [-0.4, -0.2) is 23.0 Å². The van der Waals surface area contributed by atoms with Crippen molar-refractivity contribution in [2.45, 2.75) is 38.3 Å². The molecule has 1 aliphatic carbocycles. The first kappa shape index (κ1) is 11.9. The number of pyridine rings is 1. The molecule has 1 N–H and O–H groups in total. The van der Waals surface area contributed by atoms with Crippen molar-refractivity contribution < 1.29 is 0 Å². The fourth-order valence-corrected chi connectivity index (χ4v) is 2.89. The van der Waals surface area contributed by atoms with Gasteiger partial charge in [-0.15, -0.1) is 0 Å². The number of nitrogens with one attached hydrogen (secondary N) is 1. The third kappa shape index (κ3) is 2.77. The van der Waals surface area contributed by atoms with E-state index in [-0.39, 0.29) is 0 Å². The highest BCUT2D eigenvalue weighted by atomic mass is 32.2. The molecule has 2 atom stereocenters. The Morgan fingerprint density at radius 3 is 3.31 bits per heavy atom. The molecule has 2 rings (SSSR count). The Kier molecular flexibility index (Phi) is 4.24. The number of fused-ring (bicyclic) bond motifs is 1. The summed E-state index contributed by atoms with van der Waals surface area (Å²) in [5.41, 5.74) is 2.70. The molecule has 2 nitrogen and oxygen atoms in total. The third-order valence-corrected chi connectivity index (χ3v) is 3.84. The monoisotopic (exact) mass is 236 g/mol. The minimum absolute atomic E-state index is 0.480. The summed E-state index contributed by atoms with van der Waals surface area (Å²) in [4.78, 5) is 4.51. The average Bonchev–Trinajstić information content (AvgIpc) is 2.70. The zero-order valence-corrected chi connectivity index (χ0v) is 10.9. The molecule has 1 aromatic rings. The van der Waals surface area contributed by atoms with Crippen molar-refractivity contribution in [1.29, 1.82) is 0 Å². The number of aromatic nitrogens is 1. The highest BCUT2D eigenvalue weighted by Gasteiger charge is 2.24. The topological polar surface area (TPSA) is 24.9 Å². The molecule has 2 unspecified atom stereocenters. The number of hydrogen-bond donors (Lipinski definition) is 1. The average molecular weight is 236 g/mol. The molecule has 16 heavy (non-hydrogen) atoms. The van der Waals surface area contributed by atoms with Gasteiger partial charge in [-0.2, -0.15) is 11.8 Å². The molecule has 0 spiro atoms. The zero-order chi connectivity index (χ0) is 11.4. The summed E-state index contributed by atoms with van der Waals surface area (Å²) in [5, 5.41) is 3.69. The van der Waals surface area contributed by atoms with E-state index in [4.69, 9.17) is 0 Å². The summed E-state index contributed by atoms with van der Waals surface area (Å²) in [6.07, 6.45) is 7.69. The summed E-state index contributed by atoms with van der Waals surface area (Å²) in [5.74, 6) is 1.23. The highest BCUT2D eigenvalue weighted by Crippen LogP contribution is 2.29. The van der Waals surface area contributed by atoms with Crippen LogP contribution in [0.4, 0.5) is 0 Å². The largest absolute Gasteiger partial charge is 0.306 e. The summed E-state index contributed by atoms with van der Waals surface area (Å²) >= 11 is 1.92. The molecule has 1 aromatic heterocycles. The maximum atomic E-state index is 4.51. The van der Waals surface area contributed by atoms with Crippen LogP contribution in [0.15, 0.2) is 18.3 Å². The van der Waals surface area contributed by atoms with E-state index in [0.29, 0.717) is 12.1 Å². The van der Waals surface area contributed by atoms with Crippen LogP contribution in [0.25, 0.3) is 0 Å². The Balaban J connectivity index is 1.92. The molecule has 0 aromatic carbocycles. The predicted molar refractivity (Wildman–Crippen MR) is 70.9 cm³/mol. The first-order valence-electron chi connectivity index (χ1n) is 6.00. The quantitative estimate of drug-likeness (QED) is 0.851. The van der Waals surface area contributed by atoms with Crippen molar-refractivity contribution in [3.63, 3.8) is 0 Å². The second-order valence-corrected chi connectivity index (χ2v) is 5.47. The van der Waals surface area contributed by atoms with E-state index < -0.39 is 0 Å². The fourth-order valence-electron chi connectivity index (χ4n) is 2.30. The number of rotatable bonds is 5. The Morgan fingerprint density at radius 2 is 2.50 bits per heavy atom. The van der Waals surface area contributed by atoms with Gasteiger partial charge in [0.25, 0.3) is 0 Å². The van der Waals surface area contributed by atoms with E-state index in [0.717, 1.165) is 0 Å². The molecule has 0 bridgehead atoms. The van der Waals surface area contributed by atoms with Gasteiger partial charge in [0.05, 0.1) is 11.7 Å². The van der Waals surface area contributed by atoms with Crippen LogP contribution in [-0.2, 0) is 6.42 Å². The molecule has 0 fully saturated rings. The summed E-state index contributed by atoms with van der Waals surface area (Å²) in [6, 6.07) is 5.31. The van der Waals surface area contributed by atoms with Crippen molar-refractivity contribution >= 4 is 11.8 Å². The van der Waals surface area contributed by atoms with E-state index in [1.54, 1.807) is 0 Å². The molecule has 0 aliphatic heterocycles. The summed E-state index contributed by atoms with van der Waals surface area (Å²) in [7, 11) is 0. The molecule has 0 saturated heterocycles. The standard InChI is InChI=1S/C13H20N2S/c1-10(7-9-16-2)15-12-6-5-11-4-3-8-14-13(11)12/h3-4,8,10,12,15H,5-7,9H2,1-2H3. The van der Waals surface area contributed by atoms with Crippen LogP contribution in [0.3, 0.4) is 0 Å². The second-order valence-electron chi connectivity index (χ2n) is 4.49. The van der Waals surface area contributed by atoms with Crippen LogP contribution in [0.5, 0.6) is 0 Å². The molecule has 1 heterocycles. The Hall–Kier alpha value is -0.540. The molecular formula is C13H20N2S. The minimum Gasteiger partial charge on any atom is -0.306 e. The first-order chi connectivity index (χ1) is 7.81. The van der Waals surface area contributed by atoms with Crippen molar-refractivity contribution in [2.24, 2.45) is 0 Å². The lowest BCUT2D eigenvalue weighted by molar-refractivity contribution is 0.441. The molecule has 0 radical (unpaired) electrons. The first-order valence-corrected chi connectivity index (χ1v) is 7.39. The van der Waals surface area contributed by atoms with E-state index in [9.17, 15) is 0 Å². The van der Waals surface area contributed by atoms with E-state index in [1.807, 2.05) is 24.0 Å². The van der Waals surface area contributed by atoms with Gasteiger partial charge in [-0.05, 0) is 49.8 Å². The number of thioether (sulfide) groups is 1. The smallest absolute Gasteiger partial charge is 0.0605 e. The van der Waals surface area contributed by atoms with Gasteiger partial charge >= 0.3 is 0 Å². The van der Waals surface area contributed by atoms with Gasteiger partial charge in [-0.1, -0.05) is 6.07 Å². The van der Waals surface area contributed by atoms with Gasteiger partial charge in [-0.25, -0.2) is 0 Å². The van der Waals surface area contributed by atoms with E-state index >= 15 is 0 Å². The van der Waals surface area contributed by atoms with Crippen LogP contribution >= 0.6 is 11.8 Å². The van der Waals surface area contributed by atoms with Gasteiger partial charge < -0.3 is 5.32 Å². The molecule has 1 aliphatic rings. The maximum Gasteiger partial charge on any atom is 0.0605 e. The SMILES string of the molecule is CSCCC(C)NC1CCc2cccnc21. The van der Waals surface area contributed by atoms with Gasteiger partial charge in [0.1, 0.15) is 0 Å². The Bertz CT molecular complexity index is 340. The number of aryl methyl sites for hydroxylation is 1. The molecule has 88 valence electrons. The van der Waals surface area contributed by atoms with Crippen molar-refractivity contribution in [1.82, 2.24) is 10.3 Å². The van der Waals surface area contributed by atoms with Crippen molar-refractivity contribution in [2.75, 3.05) is 12.0 Å². The van der Waals surface area contributed by atoms with Gasteiger partial charge in [0.2, 0.25) is 0 Å². The Labute approximate surface area is 102 Å². The Morgan fingerprint density at radius 1 is 1.62 bits per heavy atom. The predicted octanol–water partition coefficient (Wildman–Crippen LogP) is 2.80. The normalized spacial score (nSPS) is 20.8. The van der Waals surface area contributed by atoms with Crippen molar-refractivity contribution in [3.8, 4) is 0 Å². The lowest BCUT2D eigenvalue weighted by Crippen LogP contribution is -2.30. The summed E-state index contributed by atoms with van der Waals surface area (Å²) < 4.78 is 0. The second kappa shape index (κ2) is 5.69. The van der Waals surface area contributed by atoms with Gasteiger partial charge in [0, 0.05) is 12.2 Å². The van der Waals surface area contributed by atoms with Crippen molar-refractivity contribution in [3.05, 3.63) is 29.6 Å². The fraction of sp³-hybridized carbons (Fsp3) is 0.615. The van der Waals surface area contributed by atoms with Crippen LogP contribution in [0.2, 0.25) is 0 Å². The molecule has 0 amide bonds. The number of nitrogens with zero attached hydrogens (tertiary/aromatic N) is 1. The highest BCUT2D eigenvalue weighted by molar-refractivity contribution is 7.98. The lowest BCUT2D eigenvalue weighted by atomic mass is 10.1. The van der Waals surface area contributed by atoms with Crippen LogP contribution in [0, 0.1) is 0 Å². The lowest BCUT2D eigenvalue weighted by Gasteiger charge is -2.19. The molecule has 0 saturated carbocycles. The van der Waals surface area contributed by atoms with Gasteiger partial charge in [0.15, 0.2) is 0 Å².